The Balaban J connectivity index is 2.68. The van der Waals surface area contributed by atoms with Gasteiger partial charge in [-0.2, -0.15) is 0 Å². The first-order valence-corrected chi connectivity index (χ1v) is 6.88. The molecule has 110 valence electrons. The fraction of sp³-hybridized carbons (Fsp3) is 0.429. The minimum atomic E-state index is -0.989. The van der Waals surface area contributed by atoms with Crippen LogP contribution in [0.3, 0.4) is 0 Å². The van der Waals surface area contributed by atoms with Crippen LogP contribution in [0.1, 0.15) is 19.4 Å². The van der Waals surface area contributed by atoms with Gasteiger partial charge in [0.05, 0.1) is 18.9 Å². The number of hydrogen-bond donors (Lipinski definition) is 2. The van der Waals surface area contributed by atoms with Crippen molar-refractivity contribution in [1.82, 2.24) is 5.32 Å². The van der Waals surface area contributed by atoms with Gasteiger partial charge in [-0.25, -0.2) is 0 Å². The van der Waals surface area contributed by atoms with Gasteiger partial charge in [0.25, 0.3) is 0 Å². The second kappa shape index (κ2) is 6.74. The number of carboxylic acid groups (broad SMARTS) is 1. The van der Waals surface area contributed by atoms with Crippen molar-refractivity contribution in [2.24, 2.45) is 5.41 Å². The number of benzene rings is 1. The molecule has 0 aliphatic carbocycles. The third-order valence-electron chi connectivity index (χ3n) is 2.90. The maximum Gasteiger partial charge on any atom is 0.310 e. The van der Waals surface area contributed by atoms with Crippen molar-refractivity contribution in [2.75, 3.05) is 13.7 Å². The van der Waals surface area contributed by atoms with Crippen LogP contribution < -0.4 is 10.1 Å². The summed E-state index contributed by atoms with van der Waals surface area (Å²) >= 11 is 3.34. The zero-order valence-electron chi connectivity index (χ0n) is 11.7. The molecule has 0 bridgehead atoms. The third-order valence-corrected chi connectivity index (χ3v) is 3.39. The first-order valence-electron chi connectivity index (χ1n) is 6.09. The lowest BCUT2D eigenvalue weighted by Gasteiger charge is -2.19. The number of aliphatic carboxylic acids is 1. The van der Waals surface area contributed by atoms with E-state index in [1.807, 2.05) is 6.07 Å². The Bertz CT molecular complexity index is 514. The van der Waals surface area contributed by atoms with Crippen molar-refractivity contribution >= 4 is 27.8 Å². The molecule has 0 heterocycles. The Kier molecular flexibility index (Phi) is 5.56. The molecule has 1 amide bonds. The minimum absolute atomic E-state index is 0.0808. The summed E-state index contributed by atoms with van der Waals surface area (Å²) in [6.45, 7) is 3.21. The van der Waals surface area contributed by atoms with E-state index in [0.717, 1.165) is 10.0 Å². The predicted molar refractivity (Wildman–Crippen MR) is 78.8 cm³/mol. The van der Waals surface area contributed by atoms with E-state index in [2.05, 4.69) is 21.2 Å². The number of halogens is 1. The van der Waals surface area contributed by atoms with Gasteiger partial charge in [0, 0.05) is 16.6 Å². The van der Waals surface area contributed by atoms with Gasteiger partial charge in [0.15, 0.2) is 0 Å². The topological polar surface area (TPSA) is 75.6 Å². The fourth-order valence-corrected chi connectivity index (χ4v) is 1.92. The molecule has 0 fully saturated rings. The molecule has 0 spiro atoms. The molecule has 1 aromatic rings. The van der Waals surface area contributed by atoms with E-state index in [9.17, 15) is 9.59 Å². The van der Waals surface area contributed by atoms with Crippen LogP contribution in [0.2, 0.25) is 0 Å². The summed E-state index contributed by atoms with van der Waals surface area (Å²) in [5, 5.41) is 11.6. The van der Waals surface area contributed by atoms with Crippen LogP contribution >= 0.6 is 15.9 Å². The van der Waals surface area contributed by atoms with Gasteiger partial charge < -0.3 is 15.2 Å². The lowest BCUT2D eigenvalue weighted by atomic mass is 9.94. The van der Waals surface area contributed by atoms with Crippen LogP contribution in [0.4, 0.5) is 0 Å². The van der Waals surface area contributed by atoms with Crippen molar-refractivity contribution in [3.05, 3.63) is 28.2 Å². The smallest absolute Gasteiger partial charge is 0.310 e. The molecule has 0 unspecified atom stereocenters. The van der Waals surface area contributed by atoms with Crippen molar-refractivity contribution in [1.29, 1.82) is 0 Å². The number of carboxylic acids is 1. The van der Waals surface area contributed by atoms with Crippen LogP contribution in [0.15, 0.2) is 22.7 Å². The summed E-state index contributed by atoms with van der Waals surface area (Å²) in [6.07, 6.45) is 0.137. The maximum absolute atomic E-state index is 11.9. The third kappa shape index (κ3) is 4.52. The van der Waals surface area contributed by atoms with Crippen LogP contribution in [-0.2, 0) is 16.0 Å². The lowest BCUT2D eigenvalue weighted by Crippen LogP contribution is -2.39. The molecule has 20 heavy (non-hydrogen) atoms. The van der Waals surface area contributed by atoms with Crippen molar-refractivity contribution in [3.8, 4) is 5.75 Å². The number of rotatable bonds is 6. The Hall–Kier alpha value is -1.56. The number of hydrogen-bond acceptors (Lipinski definition) is 3. The summed E-state index contributed by atoms with van der Waals surface area (Å²) in [4.78, 5) is 22.8. The fourth-order valence-electron chi connectivity index (χ4n) is 1.52. The van der Waals surface area contributed by atoms with Gasteiger partial charge in [-0.1, -0.05) is 15.9 Å². The standard InChI is InChI=1S/C14H18BrNO4/c1-14(2,13(18)19)8-16-12(17)7-9-6-10(15)4-5-11(9)20-3/h4-6H,7-8H2,1-3H3,(H,16,17)(H,18,19). The Morgan fingerprint density at radius 3 is 2.60 bits per heavy atom. The van der Waals surface area contributed by atoms with E-state index in [0.29, 0.717) is 5.75 Å². The Labute approximate surface area is 126 Å². The monoisotopic (exact) mass is 343 g/mol. The highest BCUT2D eigenvalue weighted by atomic mass is 79.9. The number of carbonyl (C=O) groups excluding carboxylic acids is 1. The van der Waals surface area contributed by atoms with E-state index in [4.69, 9.17) is 9.84 Å². The van der Waals surface area contributed by atoms with Crippen LogP contribution in [0, 0.1) is 5.41 Å². The SMILES string of the molecule is COc1ccc(Br)cc1CC(=O)NCC(C)(C)C(=O)O. The molecule has 2 N–H and O–H groups in total. The molecule has 5 nitrogen and oxygen atoms in total. The second-order valence-electron chi connectivity index (χ2n) is 5.10. The summed E-state index contributed by atoms with van der Waals surface area (Å²) in [5.74, 6) is -0.561. The molecule has 0 aliphatic rings. The average Bonchev–Trinajstić information content (AvgIpc) is 2.36. The largest absolute Gasteiger partial charge is 0.496 e. The van der Waals surface area contributed by atoms with Crippen LogP contribution in [0.25, 0.3) is 0 Å². The van der Waals surface area contributed by atoms with Crippen LogP contribution in [-0.4, -0.2) is 30.6 Å². The molecule has 0 atom stereocenters. The van der Waals surface area contributed by atoms with Gasteiger partial charge in [-0.05, 0) is 32.0 Å². The molecule has 0 saturated heterocycles. The molecule has 0 saturated carbocycles. The average molecular weight is 344 g/mol. The molecular weight excluding hydrogens is 326 g/mol. The molecule has 0 radical (unpaired) electrons. The van der Waals surface area contributed by atoms with E-state index in [1.165, 1.54) is 7.11 Å². The molecule has 6 heteroatoms. The summed E-state index contributed by atoms with van der Waals surface area (Å²) < 4.78 is 6.04. The highest BCUT2D eigenvalue weighted by Gasteiger charge is 2.27. The van der Waals surface area contributed by atoms with E-state index >= 15 is 0 Å². The Morgan fingerprint density at radius 1 is 1.40 bits per heavy atom. The highest BCUT2D eigenvalue weighted by molar-refractivity contribution is 9.10. The van der Waals surface area contributed by atoms with Gasteiger partial charge in [-0.15, -0.1) is 0 Å². The maximum atomic E-state index is 11.9. The molecular formula is C14H18BrNO4. The second-order valence-corrected chi connectivity index (χ2v) is 6.01. The highest BCUT2D eigenvalue weighted by Crippen LogP contribution is 2.23. The van der Waals surface area contributed by atoms with Gasteiger partial charge in [0.2, 0.25) is 5.91 Å². The Morgan fingerprint density at radius 2 is 2.05 bits per heavy atom. The zero-order chi connectivity index (χ0) is 15.3. The first kappa shape index (κ1) is 16.5. The molecule has 1 aromatic carbocycles. The predicted octanol–water partition coefficient (Wildman–Crippen LogP) is 2.23. The molecule has 1 rings (SSSR count). The number of nitrogens with one attached hydrogen (secondary N) is 1. The quantitative estimate of drug-likeness (QED) is 0.830. The number of methoxy groups -OCH3 is 1. The number of amides is 1. The van der Waals surface area contributed by atoms with Crippen LogP contribution in [0.5, 0.6) is 5.75 Å². The van der Waals surface area contributed by atoms with Crippen molar-refractivity contribution < 1.29 is 19.4 Å². The van der Waals surface area contributed by atoms with Gasteiger partial charge in [-0.3, -0.25) is 9.59 Å². The van der Waals surface area contributed by atoms with E-state index in [-0.39, 0.29) is 18.9 Å². The summed E-state index contributed by atoms with van der Waals surface area (Å²) in [6, 6.07) is 5.41. The molecule has 0 aromatic heterocycles. The van der Waals surface area contributed by atoms with Gasteiger partial charge >= 0.3 is 5.97 Å². The van der Waals surface area contributed by atoms with Gasteiger partial charge in [0.1, 0.15) is 5.75 Å². The normalized spacial score (nSPS) is 11.0. The first-order chi connectivity index (χ1) is 9.26. The summed E-state index contributed by atoms with van der Waals surface area (Å²) in [5.41, 5.74) is -0.246. The lowest BCUT2D eigenvalue weighted by molar-refractivity contribution is -0.146. The van der Waals surface area contributed by atoms with E-state index in [1.54, 1.807) is 26.0 Å². The summed E-state index contributed by atoms with van der Waals surface area (Å²) in [7, 11) is 1.54. The molecule has 0 aliphatic heterocycles. The number of carbonyl (C=O) groups is 2. The number of ether oxygens (including phenoxy) is 1. The van der Waals surface area contributed by atoms with E-state index < -0.39 is 11.4 Å². The zero-order valence-corrected chi connectivity index (χ0v) is 13.3. The van der Waals surface area contributed by atoms with Crippen molar-refractivity contribution in [3.63, 3.8) is 0 Å². The van der Waals surface area contributed by atoms with Crippen molar-refractivity contribution in [2.45, 2.75) is 20.3 Å². The minimum Gasteiger partial charge on any atom is -0.496 e.